The first-order valence-electron chi connectivity index (χ1n) is 7.84. The Hall–Kier alpha value is -2.07. The van der Waals surface area contributed by atoms with Crippen LogP contribution in [0.4, 0.5) is 0 Å². The van der Waals surface area contributed by atoms with Gasteiger partial charge in [-0.25, -0.2) is 0 Å². The highest BCUT2D eigenvalue weighted by Gasteiger charge is 2.11. The molecule has 1 aliphatic heterocycles. The van der Waals surface area contributed by atoms with E-state index in [9.17, 15) is 0 Å². The van der Waals surface area contributed by atoms with Crippen LogP contribution in [0, 0.1) is 0 Å². The van der Waals surface area contributed by atoms with E-state index in [0.29, 0.717) is 6.04 Å². The van der Waals surface area contributed by atoms with E-state index in [0.717, 1.165) is 44.1 Å². The van der Waals surface area contributed by atoms with E-state index in [2.05, 4.69) is 46.0 Å². The average Bonchev–Trinajstić information content (AvgIpc) is 3.08. The van der Waals surface area contributed by atoms with Gasteiger partial charge in [-0.05, 0) is 36.1 Å². The summed E-state index contributed by atoms with van der Waals surface area (Å²) in [6.07, 6.45) is 8.83. The Morgan fingerprint density at radius 3 is 2.82 bits per heavy atom. The molecule has 116 valence electrons. The molecule has 3 rings (SSSR count). The van der Waals surface area contributed by atoms with Gasteiger partial charge >= 0.3 is 0 Å². The fourth-order valence-corrected chi connectivity index (χ4v) is 2.72. The quantitative estimate of drug-likeness (QED) is 0.845. The monoisotopic (exact) mass is 297 g/mol. The normalized spacial score (nSPS) is 20.3. The van der Waals surface area contributed by atoms with E-state index < -0.39 is 0 Å². The van der Waals surface area contributed by atoms with Crippen molar-refractivity contribution in [2.45, 2.75) is 18.9 Å². The maximum atomic E-state index is 5.19. The van der Waals surface area contributed by atoms with Crippen LogP contribution < -0.4 is 15.4 Å². The van der Waals surface area contributed by atoms with Gasteiger partial charge in [-0.1, -0.05) is 30.4 Å². The van der Waals surface area contributed by atoms with Crippen LogP contribution in [0.3, 0.4) is 0 Å². The maximum Gasteiger partial charge on any atom is 0.118 e. The van der Waals surface area contributed by atoms with E-state index in [4.69, 9.17) is 4.74 Å². The zero-order chi connectivity index (χ0) is 15.2. The summed E-state index contributed by atoms with van der Waals surface area (Å²) in [4.78, 5) is 4.40. The lowest BCUT2D eigenvalue weighted by Gasteiger charge is -2.18. The van der Waals surface area contributed by atoms with Gasteiger partial charge in [-0.15, -0.1) is 0 Å². The Morgan fingerprint density at radius 1 is 1.32 bits per heavy atom. The number of rotatable bonds is 6. The van der Waals surface area contributed by atoms with Gasteiger partial charge in [0, 0.05) is 12.6 Å². The number of hydrogen-bond acceptors (Lipinski definition) is 4. The molecule has 2 N–H and O–H groups in total. The first-order valence-corrected chi connectivity index (χ1v) is 7.84. The number of amidine groups is 1. The molecule has 1 aliphatic carbocycles. The van der Waals surface area contributed by atoms with Crippen molar-refractivity contribution >= 4 is 5.84 Å². The van der Waals surface area contributed by atoms with Crippen LogP contribution in [-0.2, 0) is 6.42 Å². The van der Waals surface area contributed by atoms with Gasteiger partial charge in [0.05, 0.1) is 20.2 Å². The molecule has 4 nitrogen and oxygen atoms in total. The van der Waals surface area contributed by atoms with Crippen molar-refractivity contribution in [3.05, 3.63) is 53.6 Å². The summed E-state index contributed by atoms with van der Waals surface area (Å²) >= 11 is 0. The summed E-state index contributed by atoms with van der Waals surface area (Å²) in [5.41, 5.74) is 2.69. The van der Waals surface area contributed by atoms with Gasteiger partial charge in [-0.2, -0.15) is 0 Å². The van der Waals surface area contributed by atoms with Crippen LogP contribution in [-0.4, -0.2) is 38.6 Å². The van der Waals surface area contributed by atoms with Crippen molar-refractivity contribution in [3.8, 4) is 5.75 Å². The molecule has 1 atom stereocenters. The molecule has 1 aromatic rings. The van der Waals surface area contributed by atoms with Gasteiger partial charge in [0.1, 0.15) is 11.6 Å². The molecular formula is C18H23N3O. The van der Waals surface area contributed by atoms with Crippen molar-refractivity contribution in [1.29, 1.82) is 0 Å². The van der Waals surface area contributed by atoms with Crippen LogP contribution in [0.25, 0.3) is 0 Å². The number of allylic oxidation sites excluding steroid dienone is 2. The minimum atomic E-state index is 0.407. The third-order valence-electron chi connectivity index (χ3n) is 4.02. The van der Waals surface area contributed by atoms with Gasteiger partial charge in [0.15, 0.2) is 0 Å². The SMILES string of the molecule is COc1ccc(CC2=CCC(NCC3=NCCN3)C=C2)cc1. The van der Waals surface area contributed by atoms with Crippen molar-refractivity contribution in [2.75, 3.05) is 26.7 Å². The molecule has 1 heterocycles. The Morgan fingerprint density at radius 2 is 2.18 bits per heavy atom. The van der Waals surface area contributed by atoms with Gasteiger partial charge in [0.2, 0.25) is 0 Å². The molecule has 0 fully saturated rings. The number of hydrogen-bond donors (Lipinski definition) is 2. The lowest BCUT2D eigenvalue weighted by molar-refractivity contribution is 0.414. The lowest BCUT2D eigenvalue weighted by Crippen LogP contribution is -2.37. The smallest absolute Gasteiger partial charge is 0.118 e. The molecule has 0 radical (unpaired) electrons. The second kappa shape index (κ2) is 7.27. The summed E-state index contributed by atoms with van der Waals surface area (Å²) in [7, 11) is 1.70. The van der Waals surface area contributed by atoms with Crippen LogP contribution in [0.2, 0.25) is 0 Å². The fraction of sp³-hybridized carbons (Fsp3) is 0.389. The molecule has 1 aromatic carbocycles. The molecule has 0 amide bonds. The highest BCUT2D eigenvalue weighted by molar-refractivity contribution is 5.85. The summed E-state index contributed by atoms with van der Waals surface area (Å²) in [6, 6.07) is 8.69. The number of nitrogens with one attached hydrogen (secondary N) is 2. The van der Waals surface area contributed by atoms with Crippen molar-refractivity contribution in [2.24, 2.45) is 4.99 Å². The molecule has 0 bridgehead atoms. The zero-order valence-corrected chi connectivity index (χ0v) is 13.0. The van der Waals surface area contributed by atoms with Crippen LogP contribution in [0.1, 0.15) is 12.0 Å². The van der Waals surface area contributed by atoms with Crippen molar-refractivity contribution in [3.63, 3.8) is 0 Å². The van der Waals surface area contributed by atoms with Gasteiger partial charge in [-0.3, -0.25) is 4.99 Å². The molecule has 0 saturated carbocycles. The molecule has 0 spiro atoms. The molecule has 22 heavy (non-hydrogen) atoms. The summed E-state index contributed by atoms with van der Waals surface area (Å²) < 4.78 is 5.19. The highest BCUT2D eigenvalue weighted by atomic mass is 16.5. The van der Waals surface area contributed by atoms with Crippen molar-refractivity contribution < 1.29 is 4.74 Å². The Balaban J connectivity index is 1.47. The van der Waals surface area contributed by atoms with Gasteiger partial charge in [0.25, 0.3) is 0 Å². The second-order valence-electron chi connectivity index (χ2n) is 5.64. The second-order valence-corrected chi connectivity index (χ2v) is 5.64. The van der Waals surface area contributed by atoms with Crippen LogP contribution in [0.15, 0.2) is 53.1 Å². The molecule has 4 heteroatoms. The standard InChI is InChI=1S/C18H23N3O/c1-22-17-8-4-15(5-9-17)12-14-2-6-16(7-3-14)21-13-18-19-10-11-20-18/h2-6,8-9,16,21H,7,10-13H2,1H3,(H,19,20). The molecular weight excluding hydrogens is 274 g/mol. The predicted molar refractivity (Wildman–Crippen MR) is 90.6 cm³/mol. The summed E-state index contributed by atoms with van der Waals surface area (Å²) in [5, 5.41) is 6.81. The maximum absolute atomic E-state index is 5.19. The van der Waals surface area contributed by atoms with E-state index in [1.165, 1.54) is 11.1 Å². The highest BCUT2D eigenvalue weighted by Crippen LogP contribution is 2.18. The molecule has 1 unspecified atom stereocenters. The average molecular weight is 297 g/mol. The Labute approximate surface area is 132 Å². The Kier molecular flexibility index (Phi) is 4.91. The van der Waals surface area contributed by atoms with Crippen molar-refractivity contribution in [1.82, 2.24) is 10.6 Å². The number of ether oxygens (including phenoxy) is 1. The zero-order valence-electron chi connectivity index (χ0n) is 13.0. The first kappa shape index (κ1) is 14.9. The number of aliphatic imine (C=N–C) groups is 1. The topological polar surface area (TPSA) is 45.6 Å². The predicted octanol–water partition coefficient (Wildman–Crippen LogP) is 2.08. The van der Waals surface area contributed by atoms with E-state index in [-0.39, 0.29) is 0 Å². The number of benzene rings is 1. The number of nitrogens with zero attached hydrogens (tertiary/aromatic N) is 1. The molecule has 0 saturated heterocycles. The molecule has 2 aliphatic rings. The molecule has 0 aromatic heterocycles. The Bertz CT molecular complexity index is 587. The summed E-state index contributed by atoms with van der Waals surface area (Å²) in [5.74, 6) is 1.99. The van der Waals surface area contributed by atoms with Crippen LogP contribution in [0.5, 0.6) is 5.75 Å². The van der Waals surface area contributed by atoms with E-state index in [1.807, 2.05) is 12.1 Å². The lowest BCUT2D eigenvalue weighted by atomic mass is 9.97. The van der Waals surface area contributed by atoms with E-state index in [1.54, 1.807) is 7.11 Å². The summed E-state index contributed by atoms with van der Waals surface area (Å²) in [6.45, 7) is 2.71. The first-order chi connectivity index (χ1) is 10.8. The fourth-order valence-electron chi connectivity index (χ4n) is 2.72. The van der Waals surface area contributed by atoms with Gasteiger partial charge < -0.3 is 15.4 Å². The van der Waals surface area contributed by atoms with E-state index >= 15 is 0 Å². The minimum absolute atomic E-state index is 0.407. The largest absolute Gasteiger partial charge is 0.497 e. The number of methoxy groups -OCH3 is 1. The third kappa shape index (κ3) is 3.98. The minimum Gasteiger partial charge on any atom is -0.497 e. The third-order valence-corrected chi connectivity index (χ3v) is 4.02. The van der Waals surface area contributed by atoms with Crippen LogP contribution >= 0.6 is 0 Å².